The Kier molecular flexibility index (Phi) is 3.32. The summed E-state index contributed by atoms with van der Waals surface area (Å²) in [6, 6.07) is 7.05. The fourth-order valence-electron chi connectivity index (χ4n) is 1.44. The molecule has 1 aromatic heterocycles. The molecule has 0 aliphatic heterocycles. The van der Waals surface area contributed by atoms with Crippen LogP contribution in [0.15, 0.2) is 30.5 Å². The fraction of sp³-hybridized carbons (Fsp3) is 0.0833. The van der Waals surface area contributed by atoms with Gasteiger partial charge in [-0.25, -0.2) is 0 Å². The summed E-state index contributed by atoms with van der Waals surface area (Å²) in [5.74, 6) is 0.669. The molecule has 2 rings (SSSR count). The third-order valence-electron chi connectivity index (χ3n) is 2.18. The summed E-state index contributed by atoms with van der Waals surface area (Å²) < 4.78 is 5.25. The minimum absolute atomic E-state index is 0.467. The number of rotatable bonds is 2. The highest BCUT2D eigenvalue weighted by Gasteiger charge is 2.13. The van der Waals surface area contributed by atoms with Gasteiger partial charge in [-0.05, 0) is 18.2 Å². The highest BCUT2D eigenvalue weighted by Crippen LogP contribution is 2.40. The van der Waals surface area contributed by atoms with Crippen LogP contribution in [-0.2, 0) is 0 Å². The van der Waals surface area contributed by atoms with E-state index in [0.29, 0.717) is 15.8 Å². The van der Waals surface area contributed by atoms with Crippen molar-refractivity contribution in [3.05, 3.63) is 46.7 Å². The van der Waals surface area contributed by atoms with Crippen LogP contribution in [0.1, 0.15) is 0 Å². The van der Waals surface area contributed by atoms with E-state index in [0.717, 1.165) is 11.1 Å². The molecule has 0 bridgehead atoms. The predicted molar refractivity (Wildman–Crippen MR) is 65.1 cm³/mol. The molecule has 0 amide bonds. The summed E-state index contributed by atoms with van der Waals surface area (Å²) in [7, 11) is 1.59. The molecule has 0 spiro atoms. The van der Waals surface area contributed by atoms with E-state index in [2.05, 4.69) is 11.2 Å². The summed E-state index contributed by atoms with van der Waals surface area (Å²) in [6.45, 7) is 0. The Morgan fingerprint density at radius 3 is 2.69 bits per heavy atom. The van der Waals surface area contributed by atoms with Gasteiger partial charge in [-0.1, -0.05) is 29.3 Å². The van der Waals surface area contributed by atoms with Crippen molar-refractivity contribution in [2.75, 3.05) is 7.11 Å². The minimum Gasteiger partial charge on any atom is -0.496 e. The lowest BCUT2D eigenvalue weighted by Crippen LogP contribution is -1.90. The highest BCUT2D eigenvalue weighted by atomic mass is 35.5. The van der Waals surface area contributed by atoms with Gasteiger partial charge in [0, 0.05) is 17.3 Å². The zero-order valence-electron chi connectivity index (χ0n) is 8.50. The van der Waals surface area contributed by atoms with Crippen LogP contribution in [0.2, 0.25) is 10.0 Å². The van der Waals surface area contributed by atoms with Gasteiger partial charge >= 0.3 is 0 Å². The Morgan fingerprint density at radius 1 is 1.25 bits per heavy atom. The van der Waals surface area contributed by atoms with Crippen molar-refractivity contribution in [1.82, 2.24) is 4.98 Å². The predicted octanol–water partition coefficient (Wildman–Crippen LogP) is 3.86. The number of ether oxygens (including phenoxy) is 1. The molecule has 0 aliphatic rings. The van der Waals surface area contributed by atoms with Crippen molar-refractivity contribution >= 4 is 23.2 Å². The summed E-state index contributed by atoms with van der Waals surface area (Å²) in [5.41, 5.74) is 1.60. The Labute approximate surface area is 104 Å². The lowest BCUT2D eigenvalue weighted by molar-refractivity contribution is 0.416. The third kappa shape index (κ3) is 1.99. The molecule has 0 atom stereocenters. The maximum Gasteiger partial charge on any atom is 0.128 e. The maximum atomic E-state index is 6.16. The number of hydrogen-bond acceptors (Lipinski definition) is 2. The van der Waals surface area contributed by atoms with Gasteiger partial charge in [0.05, 0.1) is 23.4 Å². The van der Waals surface area contributed by atoms with E-state index in [1.807, 2.05) is 6.07 Å². The van der Waals surface area contributed by atoms with Crippen molar-refractivity contribution in [3.8, 4) is 16.9 Å². The normalized spacial score (nSPS) is 10.2. The summed E-state index contributed by atoms with van der Waals surface area (Å²) in [6.07, 6.45) is 4.37. The summed E-state index contributed by atoms with van der Waals surface area (Å²) >= 11 is 12.1. The van der Waals surface area contributed by atoms with Crippen molar-refractivity contribution < 1.29 is 4.74 Å². The number of methoxy groups -OCH3 is 1. The molecule has 2 aromatic rings. The Hall–Kier alpha value is -1.25. The molecular formula is C12H8Cl2NO. The van der Waals surface area contributed by atoms with Crippen molar-refractivity contribution in [2.45, 2.75) is 0 Å². The molecule has 1 aromatic carbocycles. The Bertz CT molecular complexity index is 500. The molecule has 0 unspecified atom stereocenters. The first-order chi connectivity index (χ1) is 7.74. The Balaban J connectivity index is 2.67. The third-order valence-corrected chi connectivity index (χ3v) is 2.99. The van der Waals surface area contributed by atoms with Crippen molar-refractivity contribution in [1.29, 1.82) is 0 Å². The van der Waals surface area contributed by atoms with E-state index >= 15 is 0 Å². The van der Waals surface area contributed by atoms with Crippen molar-refractivity contribution in [2.24, 2.45) is 0 Å². The van der Waals surface area contributed by atoms with Gasteiger partial charge in [0.2, 0.25) is 0 Å². The number of pyridine rings is 1. The van der Waals surface area contributed by atoms with Crippen LogP contribution in [0.3, 0.4) is 0 Å². The van der Waals surface area contributed by atoms with Crippen LogP contribution < -0.4 is 4.74 Å². The van der Waals surface area contributed by atoms with Gasteiger partial charge in [0.1, 0.15) is 5.75 Å². The molecule has 16 heavy (non-hydrogen) atoms. The molecular weight excluding hydrogens is 245 g/mol. The van der Waals surface area contributed by atoms with Crippen molar-refractivity contribution in [3.63, 3.8) is 0 Å². The van der Waals surface area contributed by atoms with Gasteiger partial charge in [0.15, 0.2) is 0 Å². The zero-order chi connectivity index (χ0) is 11.5. The number of halogens is 2. The average Bonchev–Trinajstić information content (AvgIpc) is 2.33. The number of nitrogens with zero attached hydrogens (tertiary/aromatic N) is 1. The largest absolute Gasteiger partial charge is 0.496 e. The quantitative estimate of drug-likeness (QED) is 0.810. The molecule has 2 nitrogen and oxygen atoms in total. The number of benzene rings is 1. The fourth-order valence-corrected chi connectivity index (χ4v) is 1.86. The highest BCUT2D eigenvalue weighted by molar-refractivity contribution is 6.44. The smallest absolute Gasteiger partial charge is 0.128 e. The lowest BCUT2D eigenvalue weighted by atomic mass is 10.1. The summed E-state index contributed by atoms with van der Waals surface area (Å²) in [5, 5.41) is 0.958. The van der Waals surface area contributed by atoms with Crippen LogP contribution >= 0.6 is 23.2 Å². The van der Waals surface area contributed by atoms with E-state index in [1.54, 1.807) is 31.5 Å². The van der Waals surface area contributed by atoms with Crippen LogP contribution in [0.5, 0.6) is 5.75 Å². The van der Waals surface area contributed by atoms with Crippen LogP contribution in [0, 0.1) is 6.20 Å². The SMILES string of the molecule is COc1ccc(Cl)c(Cl)c1-c1cc[c]nc1. The van der Waals surface area contributed by atoms with Gasteiger partial charge in [-0.2, -0.15) is 0 Å². The molecule has 0 saturated heterocycles. The second-order valence-electron chi connectivity index (χ2n) is 3.11. The van der Waals surface area contributed by atoms with E-state index in [-0.39, 0.29) is 0 Å². The van der Waals surface area contributed by atoms with Crippen LogP contribution in [-0.4, -0.2) is 12.1 Å². The monoisotopic (exact) mass is 252 g/mol. The van der Waals surface area contributed by atoms with Gasteiger partial charge in [-0.15, -0.1) is 0 Å². The second kappa shape index (κ2) is 4.73. The Morgan fingerprint density at radius 2 is 2.06 bits per heavy atom. The molecule has 4 heteroatoms. The molecule has 0 aliphatic carbocycles. The zero-order valence-corrected chi connectivity index (χ0v) is 10.0. The van der Waals surface area contributed by atoms with Crippen LogP contribution in [0.4, 0.5) is 0 Å². The lowest BCUT2D eigenvalue weighted by Gasteiger charge is -2.11. The first kappa shape index (κ1) is 11.2. The van der Waals surface area contributed by atoms with Gasteiger partial charge < -0.3 is 4.74 Å². The molecule has 0 N–H and O–H groups in total. The van der Waals surface area contributed by atoms with E-state index in [9.17, 15) is 0 Å². The first-order valence-electron chi connectivity index (χ1n) is 4.58. The minimum atomic E-state index is 0.467. The van der Waals surface area contributed by atoms with E-state index in [4.69, 9.17) is 27.9 Å². The number of hydrogen-bond donors (Lipinski definition) is 0. The first-order valence-corrected chi connectivity index (χ1v) is 5.34. The van der Waals surface area contributed by atoms with Gasteiger partial charge in [0.25, 0.3) is 0 Å². The van der Waals surface area contributed by atoms with Crippen LogP contribution in [0.25, 0.3) is 11.1 Å². The molecule has 81 valence electrons. The summed E-state index contributed by atoms with van der Waals surface area (Å²) in [4.78, 5) is 3.92. The van der Waals surface area contributed by atoms with E-state index in [1.165, 1.54) is 0 Å². The van der Waals surface area contributed by atoms with E-state index < -0.39 is 0 Å². The number of aromatic nitrogens is 1. The molecule has 1 radical (unpaired) electrons. The molecule has 0 saturated carbocycles. The average molecular weight is 253 g/mol. The standard InChI is InChI=1S/C12H8Cl2NO/c1-16-10-5-4-9(13)12(14)11(10)8-3-2-6-15-7-8/h2-5,7H,1H3. The molecule has 1 heterocycles. The molecule has 0 fully saturated rings. The second-order valence-corrected chi connectivity index (χ2v) is 3.90. The van der Waals surface area contributed by atoms with Gasteiger partial charge in [-0.3, -0.25) is 4.98 Å². The topological polar surface area (TPSA) is 22.1 Å². The maximum absolute atomic E-state index is 6.16.